The molecule has 2 aromatic heterocycles. The minimum Gasteiger partial charge on any atom is -0.494 e. The van der Waals surface area contributed by atoms with Crippen LogP contribution in [0.1, 0.15) is 25.5 Å². The van der Waals surface area contributed by atoms with Crippen molar-refractivity contribution in [1.29, 1.82) is 0 Å². The summed E-state index contributed by atoms with van der Waals surface area (Å²) >= 11 is 0. The normalized spacial score (nSPS) is 11.7. The molecule has 0 aliphatic heterocycles. The largest absolute Gasteiger partial charge is 0.494 e. The van der Waals surface area contributed by atoms with Crippen molar-refractivity contribution in [2.24, 2.45) is 0 Å². The molecule has 0 fully saturated rings. The zero-order chi connectivity index (χ0) is 16.8. The predicted octanol–water partition coefficient (Wildman–Crippen LogP) is 4.78. The quantitative estimate of drug-likeness (QED) is 0.545. The van der Waals surface area contributed by atoms with Crippen LogP contribution in [-0.4, -0.2) is 23.6 Å². The van der Waals surface area contributed by atoms with Crippen molar-refractivity contribution in [3.8, 4) is 11.5 Å². The summed E-state index contributed by atoms with van der Waals surface area (Å²) in [5, 5.41) is 2.32. The molecule has 2 heterocycles. The zero-order valence-corrected chi connectivity index (χ0v) is 14.3. The van der Waals surface area contributed by atoms with Crippen molar-refractivity contribution in [1.82, 2.24) is 9.38 Å². The minimum absolute atomic E-state index is 0.352. The van der Waals surface area contributed by atoms with Crippen LogP contribution < -0.4 is 9.47 Å². The molecule has 24 heavy (non-hydrogen) atoms. The Labute approximate surface area is 140 Å². The van der Waals surface area contributed by atoms with E-state index in [0.29, 0.717) is 5.92 Å². The fourth-order valence-corrected chi connectivity index (χ4v) is 3.37. The van der Waals surface area contributed by atoms with Crippen molar-refractivity contribution in [3.63, 3.8) is 0 Å². The number of rotatable bonds is 3. The average Bonchev–Trinajstić information content (AvgIpc) is 3.01. The molecule has 0 aliphatic rings. The number of fused-ring (bicyclic) bond motifs is 5. The molecule has 0 radical (unpaired) electrons. The summed E-state index contributed by atoms with van der Waals surface area (Å²) in [5.74, 6) is 1.91. The van der Waals surface area contributed by atoms with Crippen LogP contribution in [0.3, 0.4) is 0 Å². The Balaban J connectivity index is 2.32. The SMILES string of the molecule is COc1ccc(OC)c2c1nc1c3ccccc3cc(C(C)C)n12. The first kappa shape index (κ1) is 14.8. The van der Waals surface area contributed by atoms with E-state index in [1.54, 1.807) is 14.2 Å². The Kier molecular flexibility index (Phi) is 3.34. The van der Waals surface area contributed by atoms with Gasteiger partial charge in [-0.1, -0.05) is 38.1 Å². The Morgan fingerprint density at radius 1 is 0.958 bits per heavy atom. The van der Waals surface area contributed by atoms with Gasteiger partial charge in [-0.05, 0) is 29.5 Å². The lowest BCUT2D eigenvalue weighted by molar-refractivity contribution is 0.409. The van der Waals surface area contributed by atoms with Gasteiger partial charge >= 0.3 is 0 Å². The van der Waals surface area contributed by atoms with Crippen molar-refractivity contribution in [2.75, 3.05) is 14.2 Å². The van der Waals surface area contributed by atoms with Gasteiger partial charge in [0.25, 0.3) is 0 Å². The van der Waals surface area contributed by atoms with E-state index in [2.05, 4.69) is 42.5 Å². The number of nitrogens with zero attached hydrogens (tertiary/aromatic N) is 2. The van der Waals surface area contributed by atoms with E-state index in [-0.39, 0.29) is 0 Å². The predicted molar refractivity (Wildman–Crippen MR) is 97.4 cm³/mol. The lowest BCUT2D eigenvalue weighted by Crippen LogP contribution is -2.01. The van der Waals surface area contributed by atoms with Gasteiger partial charge in [0.1, 0.15) is 28.2 Å². The number of imidazole rings is 1. The summed E-state index contributed by atoms with van der Waals surface area (Å²) in [6.07, 6.45) is 0. The van der Waals surface area contributed by atoms with Crippen molar-refractivity contribution < 1.29 is 9.47 Å². The van der Waals surface area contributed by atoms with E-state index in [4.69, 9.17) is 14.5 Å². The van der Waals surface area contributed by atoms with Crippen LogP contribution >= 0.6 is 0 Å². The van der Waals surface area contributed by atoms with Gasteiger partial charge < -0.3 is 9.47 Å². The highest BCUT2D eigenvalue weighted by molar-refractivity contribution is 6.01. The maximum Gasteiger partial charge on any atom is 0.147 e. The summed E-state index contributed by atoms with van der Waals surface area (Å²) in [4.78, 5) is 4.92. The second-order valence-electron chi connectivity index (χ2n) is 6.25. The van der Waals surface area contributed by atoms with Crippen molar-refractivity contribution >= 4 is 27.5 Å². The maximum atomic E-state index is 5.62. The third kappa shape index (κ3) is 1.96. The van der Waals surface area contributed by atoms with Crippen LogP contribution in [0.2, 0.25) is 0 Å². The molecule has 0 aliphatic carbocycles. The highest BCUT2D eigenvalue weighted by Crippen LogP contribution is 2.37. The van der Waals surface area contributed by atoms with Crippen LogP contribution in [0.15, 0.2) is 42.5 Å². The molecular formula is C20H20N2O2. The summed E-state index contributed by atoms with van der Waals surface area (Å²) < 4.78 is 13.4. The number of methoxy groups -OCH3 is 2. The van der Waals surface area contributed by atoms with E-state index >= 15 is 0 Å². The molecule has 0 spiro atoms. The fourth-order valence-electron chi connectivity index (χ4n) is 3.37. The Hall–Kier alpha value is -2.75. The molecule has 4 rings (SSSR count). The minimum atomic E-state index is 0.352. The molecular weight excluding hydrogens is 300 g/mol. The van der Waals surface area contributed by atoms with Gasteiger partial charge in [-0.2, -0.15) is 0 Å². The lowest BCUT2D eigenvalue weighted by atomic mass is 10.0. The van der Waals surface area contributed by atoms with Crippen LogP contribution in [0.5, 0.6) is 11.5 Å². The van der Waals surface area contributed by atoms with E-state index in [1.165, 1.54) is 11.1 Å². The van der Waals surface area contributed by atoms with Gasteiger partial charge in [0.15, 0.2) is 0 Å². The Bertz CT molecular complexity index is 1060. The van der Waals surface area contributed by atoms with Crippen LogP contribution in [0, 0.1) is 0 Å². The summed E-state index contributed by atoms with van der Waals surface area (Å²) in [7, 11) is 3.36. The van der Waals surface area contributed by atoms with Gasteiger partial charge in [-0.3, -0.25) is 4.40 Å². The van der Waals surface area contributed by atoms with Gasteiger partial charge in [0, 0.05) is 11.1 Å². The molecule has 0 bridgehead atoms. The van der Waals surface area contributed by atoms with Crippen LogP contribution in [-0.2, 0) is 0 Å². The van der Waals surface area contributed by atoms with Gasteiger partial charge in [0.2, 0.25) is 0 Å². The van der Waals surface area contributed by atoms with Crippen molar-refractivity contribution in [2.45, 2.75) is 19.8 Å². The molecule has 122 valence electrons. The second-order valence-corrected chi connectivity index (χ2v) is 6.25. The lowest BCUT2D eigenvalue weighted by Gasteiger charge is -2.14. The van der Waals surface area contributed by atoms with Crippen LogP contribution in [0.25, 0.3) is 27.5 Å². The van der Waals surface area contributed by atoms with Gasteiger partial charge in [0.05, 0.1) is 14.2 Å². The third-order valence-electron chi connectivity index (χ3n) is 4.52. The topological polar surface area (TPSA) is 35.8 Å². The number of ether oxygens (including phenoxy) is 2. The zero-order valence-electron chi connectivity index (χ0n) is 14.3. The van der Waals surface area contributed by atoms with E-state index < -0.39 is 0 Å². The van der Waals surface area contributed by atoms with Gasteiger partial charge in [-0.15, -0.1) is 0 Å². The molecule has 4 nitrogen and oxygen atoms in total. The second kappa shape index (κ2) is 5.41. The number of benzene rings is 2. The Morgan fingerprint density at radius 2 is 1.67 bits per heavy atom. The molecule has 0 N–H and O–H groups in total. The summed E-state index contributed by atoms with van der Waals surface area (Å²) in [6, 6.07) is 14.4. The molecule has 0 saturated heterocycles. The number of hydrogen-bond donors (Lipinski definition) is 0. The Morgan fingerprint density at radius 3 is 2.38 bits per heavy atom. The van der Waals surface area contributed by atoms with Gasteiger partial charge in [-0.25, -0.2) is 4.98 Å². The first-order valence-electron chi connectivity index (χ1n) is 8.10. The van der Waals surface area contributed by atoms with E-state index in [1.807, 2.05) is 18.2 Å². The third-order valence-corrected chi connectivity index (χ3v) is 4.52. The summed E-state index contributed by atoms with van der Waals surface area (Å²) in [6.45, 7) is 4.39. The molecule has 0 saturated carbocycles. The summed E-state index contributed by atoms with van der Waals surface area (Å²) in [5.41, 5.74) is 3.93. The highest BCUT2D eigenvalue weighted by atomic mass is 16.5. The first-order chi connectivity index (χ1) is 11.7. The molecule has 0 atom stereocenters. The number of hydrogen-bond acceptors (Lipinski definition) is 3. The molecule has 4 heteroatoms. The van der Waals surface area contributed by atoms with E-state index in [0.717, 1.165) is 33.6 Å². The monoisotopic (exact) mass is 320 g/mol. The number of pyridine rings is 1. The van der Waals surface area contributed by atoms with Crippen molar-refractivity contribution in [3.05, 3.63) is 48.2 Å². The maximum absolute atomic E-state index is 5.62. The fraction of sp³-hybridized carbons (Fsp3) is 0.250. The molecule has 4 aromatic rings. The first-order valence-corrected chi connectivity index (χ1v) is 8.10. The molecule has 2 aromatic carbocycles. The number of aromatic nitrogens is 2. The average molecular weight is 320 g/mol. The highest BCUT2D eigenvalue weighted by Gasteiger charge is 2.19. The standard InChI is InChI=1S/C20H20N2O2/c1-12(2)15-11-13-7-5-6-8-14(13)20-21-18-16(23-3)9-10-17(24-4)19(18)22(15)20/h5-12H,1-4H3. The smallest absolute Gasteiger partial charge is 0.147 e. The molecule has 0 amide bonds. The van der Waals surface area contributed by atoms with Crippen LogP contribution in [0.4, 0.5) is 0 Å². The van der Waals surface area contributed by atoms with E-state index in [9.17, 15) is 0 Å². The molecule has 0 unspecified atom stereocenters.